The van der Waals surface area contributed by atoms with Gasteiger partial charge in [-0.05, 0) is 24.3 Å². The Kier molecular flexibility index (Phi) is 6.29. The van der Waals surface area contributed by atoms with E-state index in [1.165, 1.54) is 0 Å². The molecule has 150 valence electrons. The van der Waals surface area contributed by atoms with Gasteiger partial charge in [-0.1, -0.05) is 18.2 Å². The number of carbonyl (C=O) groups is 1. The van der Waals surface area contributed by atoms with Gasteiger partial charge in [0.15, 0.2) is 0 Å². The molecule has 1 aliphatic rings. The van der Waals surface area contributed by atoms with Crippen molar-refractivity contribution in [1.82, 2.24) is 25.0 Å². The van der Waals surface area contributed by atoms with Gasteiger partial charge < -0.3 is 15.0 Å². The highest BCUT2D eigenvalue weighted by Crippen LogP contribution is 2.23. The zero-order chi connectivity index (χ0) is 19.9. The van der Waals surface area contributed by atoms with Crippen LogP contribution in [0.15, 0.2) is 61.1 Å². The molecule has 3 heterocycles. The molecule has 0 radical (unpaired) electrons. The third-order valence-electron chi connectivity index (χ3n) is 4.96. The summed E-state index contributed by atoms with van der Waals surface area (Å²) in [4.78, 5) is 18.3. The summed E-state index contributed by atoms with van der Waals surface area (Å²) in [6.45, 7) is 3.91. The van der Waals surface area contributed by atoms with Crippen LogP contribution in [0, 0.1) is 0 Å². The molecule has 7 nitrogen and oxygen atoms in total. The summed E-state index contributed by atoms with van der Waals surface area (Å²) in [6.07, 6.45) is 6.07. The number of hydrogen-bond acceptors (Lipinski definition) is 5. The summed E-state index contributed by atoms with van der Waals surface area (Å²) in [6, 6.07) is 14.0. The van der Waals surface area contributed by atoms with E-state index < -0.39 is 0 Å². The Bertz CT molecular complexity index is 921. The van der Waals surface area contributed by atoms with Gasteiger partial charge in [-0.25, -0.2) is 4.68 Å². The van der Waals surface area contributed by atoms with Gasteiger partial charge in [-0.2, -0.15) is 5.10 Å². The fourth-order valence-corrected chi connectivity index (χ4v) is 3.39. The number of benzene rings is 1. The molecule has 1 N–H and O–H groups in total. The summed E-state index contributed by atoms with van der Waals surface area (Å²) in [5.41, 5.74) is 4.04. The predicted molar refractivity (Wildman–Crippen MR) is 111 cm³/mol. The van der Waals surface area contributed by atoms with Crippen LogP contribution in [0.5, 0.6) is 0 Å². The lowest BCUT2D eigenvalue weighted by atomic mass is 10.1. The highest BCUT2D eigenvalue weighted by molar-refractivity contribution is 5.76. The number of carbonyl (C=O) groups excluding carboxylic acids is 1. The largest absolute Gasteiger partial charge is 0.378 e. The van der Waals surface area contributed by atoms with Crippen LogP contribution in [0.4, 0.5) is 0 Å². The highest BCUT2D eigenvalue weighted by atomic mass is 16.5. The number of hydrogen-bond donors (Lipinski definition) is 1. The van der Waals surface area contributed by atoms with Crippen LogP contribution in [0.1, 0.15) is 12.0 Å². The second-order valence-corrected chi connectivity index (χ2v) is 6.94. The van der Waals surface area contributed by atoms with Gasteiger partial charge in [0.1, 0.15) is 0 Å². The summed E-state index contributed by atoms with van der Waals surface area (Å²) in [7, 11) is 0. The maximum atomic E-state index is 12.3. The van der Waals surface area contributed by atoms with Gasteiger partial charge in [0.25, 0.3) is 0 Å². The van der Waals surface area contributed by atoms with Gasteiger partial charge in [0.05, 0.1) is 24.6 Å². The number of amides is 1. The molecule has 0 unspecified atom stereocenters. The predicted octanol–water partition coefficient (Wildman–Crippen LogP) is 2.27. The van der Waals surface area contributed by atoms with Crippen LogP contribution in [-0.4, -0.2) is 58.4 Å². The minimum atomic E-state index is 0.176. The minimum Gasteiger partial charge on any atom is -0.378 e. The van der Waals surface area contributed by atoms with Crippen molar-refractivity contribution in [3.8, 4) is 16.9 Å². The fraction of sp³-hybridized carbons (Fsp3) is 0.318. The zero-order valence-electron chi connectivity index (χ0n) is 16.3. The second kappa shape index (κ2) is 9.45. The van der Waals surface area contributed by atoms with Gasteiger partial charge in [-0.15, -0.1) is 0 Å². The highest BCUT2D eigenvalue weighted by Gasteiger charge is 2.16. The number of nitrogens with one attached hydrogen (secondary N) is 1. The first-order valence-corrected chi connectivity index (χ1v) is 9.92. The van der Waals surface area contributed by atoms with Gasteiger partial charge >= 0.3 is 0 Å². The van der Waals surface area contributed by atoms with Crippen molar-refractivity contribution in [3.05, 3.63) is 66.6 Å². The molecule has 1 saturated heterocycles. The first-order chi connectivity index (χ1) is 14.3. The van der Waals surface area contributed by atoms with Gasteiger partial charge in [-0.3, -0.25) is 9.78 Å². The van der Waals surface area contributed by atoms with Crippen molar-refractivity contribution in [3.63, 3.8) is 0 Å². The maximum absolute atomic E-state index is 12.3. The summed E-state index contributed by atoms with van der Waals surface area (Å²) in [5.74, 6) is 0.176. The van der Waals surface area contributed by atoms with E-state index in [-0.39, 0.29) is 5.91 Å². The average molecular weight is 391 g/mol. The van der Waals surface area contributed by atoms with E-state index in [0.717, 1.165) is 22.5 Å². The molecule has 7 heteroatoms. The molecule has 0 bridgehead atoms. The Labute approximate surface area is 170 Å². The average Bonchev–Trinajstić information content (AvgIpc) is 3.22. The molecule has 0 spiro atoms. The molecule has 4 rings (SSSR count). The van der Waals surface area contributed by atoms with E-state index in [2.05, 4.69) is 10.3 Å². The van der Waals surface area contributed by atoms with E-state index in [4.69, 9.17) is 9.84 Å². The van der Waals surface area contributed by atoms with Crippen molar-refractivity contribution in [2.24, 2.45) is 0 Å². The monoisotopic (exact) mass is 391 g/mol. The SMILES string of the molecule is O=C(CCNCc1cn(-c2ccccc2)nc1-c1ccncc1)N1CCOCC1. The molecule has 0 saturated carbocycles. The lowest BCUT2D eigenvalue weighted by molar-refractivity contribution is -0.135. The van der Waals surface area contributed by atoms with Gasteiger partial charge in [0.2, 0.25) is 5.91 Å². The molecule has 1 aromatic carbocycles. The van der Waals surface area contributed by atoms with Crippen LogP contribution >= 0.6 is 0 Å². The van der Waals surface area contributed by atoms with E-state index in [0.29, 0.717) is 45.8 Å². The van der Waals surface area contributed by atoms with Crippen LogP contribution in [-0.2, 0) is 16.1 Å². The normalized spacial score (nSPS) is 14.1. The summed E-state index contributed by atoms with van der Waals surface area (Å²) in [5, 5.41) is 8.20. The van der Waals surface area contributed by atoms with Crippen LogP contribution in [0.25, 0.3) is 16.9 Å². The number of ether oxygens (including phenoxy) is 1. The Balaban J connectivity index is 1.43. The third-order valence-corrected chi connectivity index (χ3v) is 4.96. The summed E-state index contributed by atoms with van der Waals surface area (Å²) < 4.78 is 7.20. The van der Waals surface area contributed by atoms with Crippen LogP contribution < -0.4 is 5.32 Å². The first-order valence-electron chi connectivity index (χ1n) is 9.92. The van der Waals surface area contributed by atoms with Crippen molar-refractivity contribution in [2.75, 3.05) is 32.8 Å². The molecule has 3 aromatic rings. The maximum Gasteiger partial charge on any atom is 0.224 e. The molecular weight excluding hydrogens is 366 g/mol. The molecule has 29 heavy (non-hydrogen) atoms. The Morgan fingerprint density at radius 1 is 1.07 bits per heavy atom. The molecule has 0 atom stereocenters. The first kappa shape index (κ1) is 19.3. The molecule has 0 aliphatic carbocycles. The molecule has 1 aliphatic heterocycles. The number of para-hydroxylation sites is 1. The van der Waals surface area contributed by atoms with Gasteiger partial charge in [0, 0.05) is 62.3 Å². The smallest absolute Gasteiger partial charge is 0.224 e. The standard InChI is InChI=1S/C22H25N5O2/c28-21(26-12-14-29-15-13-26)8-11-24-16-19-17-27(20-4-2-1-3-5-20)25-22(19)18-6-9-23-10-7-18/h1-7,9-10,17,24H,8,11-16H2. The molecule has 1 amide bonds. The van der Waals surface area contributed by atoms with E-state index in [9.17, 15) is 4.79 Å². The number of morpholine rings is 1. The van der Waals surface area contributed by atoms with Crippen LogP contribution in [0.3, 0.4) is 0 Å². The van der Waals surface area contributed by atoms with Crippen molar-refractivity contribution in [2.45, 2.75) is 13.0 Å². The number of nitrogens with zero attached hydrogens (tertiary/aromatic N) is 4. The summed E-state index contributed by atoms with van der Waals surface area (Å²) >= 11 is 0. The van der Waals surface area contributed by atoms with E-state index in [1.54, 1.807) is 12.4 Å². The van der Waals surface area contributed by atoms with Crippen molar-refractivity contribution in [1.29, 1.82) is 0 Å². The molecule has 2 aromatic heterocycles. The quantitative estimate of drug-likeness (QED) is 0.626. The van der Waals surface area contributed by atoms with E-state index >= 15 is 0 Å². The lowest BCUT2D eigenvalue weighted by Gasteiger charge is -2.26. The Morgan fingerprint density at radius 3 is 2.59 bits per heavy atom. The van der Waals surface area contributed by atoms with Crippen molar-refractivity contribution >= 4 is 5.91 Å². The topological polar surface area (TPSA) is 72.3 Å². The third kappa shape index (κ3) is 4.88. The van der Waals surface area contributed by atoms with Crippen LogP contribution in [0.2, 0.25) is 0 Å². The van der Waals surface area contributed by atoms with E-state index in [1.807, 2.05) is 58.2 Å². The molecular formula is C22H25N5O2. The number of aromatic nitrogens is 3. The Morgan fingerprint density at radius 2 is 1.83 bits per heavy atom. The minimum absolute atomic E-state index is 0.176. The second-order valence-electron chi connectivity index (χ2n) is 6.94. The Hall–Kier alpha value is -3.03. The number of rotatable bonds is 7. The van der Waals surface area contributed by atoms with Crippen molar-refractivity contribution < 1.29 is 9.53 Å². The zero-order valence-corrected chi connectivity index (χ0v) is 16.3. The fourth-order valence-electron chi connectivity index (χ4n) is 3.39. The number of pyridine rings is 1. The molecule has 1 fully saturated rings. The lowest BCUT2D eigenvalue weighted by Crippen LogP contribution is -2.41.